The number of anilines is 1. The van der Waals surface area contributed by atoms with E-state index in [0.29, 0.717) is 38.4 Å². The van der Waals surface area contributed by atoms with Crippen LogP contribution in [0.5, 0.6) is 0 Å². The average molecular weight is 310 g/mol. The molecule has 1 aliphatic rings. The number of quaternary nitrogens is 2. The van der Waals surface area contributed by atoms with E-state index < -0.39 is 0 Å². The van der Waals surface area contributed by atoms with Gasteiger partial charge in [-0.3, -0.25) is 4.79 Å². The Balaban J connectivity index is 1.75. The Labute approximate surface area is 131 Å². The van der Waals surface area contributed by atoms with Gasteiger partial charge in [0.05, 0.1) is 19.8 Å². The third kappa shape index (κ3) is 4.68. The van der Waals surface area contributed by atoms with Gasteiger partial charge in [-0.15, -0.1) is 0 Å². The molecule has 122 valence electrons. The molecule has 6 heteroatoms. The summed E-state index contributed by atoms with van der Waals surface area (Å²) in [6, 6.07) is 6.82. The summed E-state index contributed by atoms with van der Waals surface area (Å²) in [4.78, 5) is 17.4. The van der Waals surface area contributed by atoms with Gasteiger partial charge < -0.3 is 20.0 Å². The lowest BCUT2D eigenvalue weighted by Crippen LogP contribution is -3.09. The number of likely N-dealkylation sites (N-methyl/N-ethyl adjacent to an activating group) is 1. The molecule has 1 aromatic carbocycles. The lowest BCUT2D eigenvalue weighted by molar-refractivity contribution is -0.873. The largest absolute Gasteiger partial charge is 0.366 e. The van der Waals surface area contributed by atoms with Gasteiger partial charge >= 0.3 is 0 Å². The standard InChI is InChI=1S/C16H25FN4O/c1-19(2)8-7-18-13-16(22)21-11-9-20(10-12-21)15-6-4-3-5-14(15)17/h3-6,18H,7-13H2,1-2H3/p+2. The molecule has 0 unspecified atom stereocenters. The normalized spacial score (nSPS) is 15.5. The zero-order chi connectivity index (χ0) is 15.9. The van der Waals surface area contributed by atoms with Crippen LogP contribution in [0.1, 0.15) is 0 Å². The minimum atomic E-state index is -0.193. The molecule has 0 bridgehead atoms. The highest BCUT2D eigenvalue weighted by Crippen LogP contribution is 2.19. The van der Waals surface area contributed by atoms with Crippen LogP contribution in [0.3, 0.4) is 0 Å². The monoisotopic (exact) mass is 310 g/mol. The number of rotatable bonds is 6. The quantitative estimate of drug-likeness (QED) is 0.608. The Morgan fingerprint density at radius 2 is 1.91 bits per heavy atom. The summed E-state index contributed by atoms with van der Waals surface area (Å²) in [6.45, 7) is 5.23. The van der Waals surface area contributed by atoms with E-state index in [0.717, 1.165) is 13.1 Å². The molecule has 1 amide bonds. The van der Waals surface area contributed by atoms with Crippen molar-refractivity contribution in [3.63, 3.8) is 0 Å². The SMILES string of the molecule is C[NH+](C)CC[NH2+]CC(=O)N1CCN(c2ccccc2F)CC1. The molecular weight excluding hydrogens is 283 g/mol. The van der Waals surface area contributed by atoms with Crippen LogP contribution in [0, 0.1) is 5.82 Å². The van der Waals surface area contributed by atoms with Crippen molar-refractivity contribution in [2.45, 2.75) is 0 Å². The number of nitrogens with one attached hydrogen (secondary N) is 1. The lowest BCUT2D eigenvalue weighted by Gasteiger charge is -2.35. The minimum Gasteiger partial charge on any atom is -0.366 e. The van der Waals surface area contributed by atoms with Crippen LogP contribution >= 0.6 is 0 Å². The Kier molecular flexibility index (Phi) is 6.15. The number of para-hydroxylation sites is 1. The predicted molar refractivity (Wildman–Crippen MR) is 84.5 cm³/mol. The van der Waals surface area contributed by atoms with Crippen molar-refractivity contribution in [1.82, 2.24) is 4.90 Å². The molecule has 2 rings (SSSR count). The number of amides is 1. The number of nitrogens with two attached hydrogens (primary N) is 1. The molecule has 0 atom stereocenters. The second-order valence-corrected chi connectivity index (χ2v) is 6.06. The minimum absolute atomic E-state index is 0.182. The zero-order valence-corrected chi connectivity index (χ0v) is 13.5. The summed E-state index contributed by atoms with van der Waals surface area (Å²) in [5.41, 5.74) is 0.634. The number of hydrogen-bond acceptors (Lipinski definition) is 2. The van der Waals surface area contributed by atoms with E-state index >= 15 is 0 Å². The van der Waals surface area contributed by atoms with Gasteiger partial charge in [-0.25, -0.2) is 4.39 Å². The highest BCUT2D eigenvalue weighted by Gasteiger charge is 2.23. The summed E-state index contributed by atoms with van der Waals surface area (Å²) in [5, 5.41) is 2.07. The maximum Gasteiger partial charge on any atom is 0.277 e. The van der Waals surface area contributed by atoms with Crippen LogP contribution in [-0.4, -0.2) is 70.7 Å². The highest BCUT2D eigenvalue weighted by molar-refractivity contribution is 5.77. The maximum absolute atomic E-state index is 13.8. The molecule has 0 radical (unpaired) electrons. The molecule has 1 aromatic rings. The van der Waals surface area contributed by atoms with Gasteiger partial charge in [-0.1, -0.05) is 12.1 Å². The molecule has 0 saturated carbocycles. The van der Waals surface area contributed by atoms with E-state index in [9.17, 15) is 9.18 Å². The first-order valence-corrected chi connectivity index (χ1v) is 7.96. The smallest absolute Gasteiger partial charge is 0.277 e. The number of carbonyl (C=O) groups is 1. The Bertz CT molecular complexity index is 487. The van der Waals surface area contributed by atoms with Crippen LogP contribution in [0.2, 0.25) is 0 Å². The van der Waals surface area contributed by atoms with Gasteiger partial charge in [0.1, 0.15) is 18.9 Å². The van der Waals surface area contributed by atoms with E-state index in [-0.39, 0.29) is 11.7 Å². The van der Waals surface area contributed by atoms with Gasteiger partial charge in [-0.05, 0) is 12.1 Å². The van der Waals surface area contributed by atoms with E-state index in [1.165, 1.54) is 11.0 Å². The van der Waals surface area contributed by atoms with Crippen molar-refractivity contribution in [2.24, 2.45) is 0 Å². The summed E-state index contributed by atoms with van der Waals surface area (Å²) >= 11 is 0. The summed E-state index contributed by atoms with van der Waals surface area (Å²) in [5.74, 6) is -0.0104. The molecule has 1 fully saturated rings. The fourth-order valence-electron chi connectivity index (χ4n) is 2.65. The van der Waals surface area contributed by atoms with Gasteiger partial charge in [-0.2, -0.15) is 0 Å². The third-order valence-corrected chi connectivity index (χ3v) is 3.99. The molecule has 1 saturated heterocycles. The van der Waals surface area contributed by atoms with Crippen LogP contribution in [0.15, 0.2) is 24.3 Å². The van der Waals surface area contributed by atoms with E-state index in [2.05, 4.69) is 19.4 Å². The van der Waals surface area contributed by atoms with E-state index in [1.807, 2.05) is 15.9 Å². The first-order chi connectivity index (χ1) is 10.6. The number of nitrogens with zero attached hydrogens (tertiary/aromatic N) is 2. The van der Waals surface area contributed by atoms with Crippen LogP contribution in [-0.2, 0) is 4.79 Å². The predicted octanol–water partition coefficient (Wildman–Crippen LogP) is -1.82. The van der Waals surface area contributed by atoms with Crippen LogP contribution in [0.4, 0.5) is 10.1 Å². The molecular formula is C16H27FN4O+2. The van der Waals surface area contributed by atoms with Gasteiger partial charge in [0.15, 0.2) is 6.54 Å². The van der Waals surface area contributed by atoms with Crippen molar-refractivity contribution in [3.8, 4) is 0 Å². The highest BCUT2D eigenvalue weighted by atomic mass is 19.1. The second-order valence-electron chi connectivity index (χ2n) is 6.06. The molecule has 0 aromatic heterocycles. The van der Waals surface area contributed by atoms with E-state index in [1.54, 1.807) is 12.1 Å². The summed E-state index contributed by atoms with van der Waals surface area (Å²) in [7, 11) is 4.22. The number of piperazine rings is 1. The second kappa shape index (κ2) is 8.10. The lowest BCUT2D eigenvalue weighted by atomic mass is 10.2. The van der Waals surface area contributed by atoms with Crippen molar-refractivity contribution in [1.29, 1.82) is 0 Å². The average Bonchev–Trinajstić information content (AvgIpc) is 2.52. The number of halogens is 1. The Hall–Kier alpha value is -1.66. The van der Waals surface area contributed by atoms with Crippen LogP contribution < -0.4 is 15.1 Å². The van der Waals surface area contributed by atoms with Crippen LogP contribution in [0.25, 0.3) is 0 Å². The fourth-order valence-corrected chi connectivity index (χ4v) is 2.65. The first-order valence-electron chi connectivity index (χ1n) is 7.96. The van der Waals surface area contributed by atoms with Gasteiger partial charge in [0, 0.05) is 26.2 Å². The van der Waals surface area contributed by atoms with E-state index in [4.69, 9.17) is 0 Å². The molecule has 5 nitrogen and oxygen atoms in total. The molecule has 3 N–H and O–H groups in total. The summed E-state index contributed by atoms with van der Waals surface area (Å²) in [6.07, 6.45) is 0. The molecule has 0 aliphatic carbocycles. The fraction of sp³-hybridized carbons (Fsp3) is 0.562. The van der Waals surface area contributed by atoms with Crippen molar-refractivity contribution < 1.29 is 19.4 Å². The molecule has 1 aliphatic heterocycles. The first kappa shape index (κ1) is 16.7. The molecule has 0 spiro atoms. The Morgan fingerprint density at radius 3 is 2.55 bits per heavy atom. The molecule has 22 heavy (non-hydrogen) atoms. The number of benzene rings is 1. The van der Waals surface area contributed by atoms with Crippen molar-refractivity contribution >= 4 is 11.6 Å². The van der Waals surface area contributed by atoms with Crippen molar-refractivity contribution in [3.05, 3.63) is 30.1 Å². The maximum atomic E-state index is 13.8. The topological polar surface area (TPSA) is 44.6 Å². The third-order valence-electron chi connectivity index (χ3n) is 3.99. The summed E-state index contributed by atoms with van der Waals surface area (Å²) < 4.78 is 13.8. The molecule has 1 heterocycles. The van der Waals surface area contributed by atoms with Gasteiger partial charge in [0.25, 0.3) is 5.91 Å². The number of hydrogen-bond donors (Lipinski definition) is 2. The Morgan fingerprint density at radius 1 is 1.23 bits per heavy atom. The number of carbonyl (C=O) groups excluding carboxylic acids is 1. The zero-order valence-electron chi connectivity index (χ0n) is 13.5. The van der Waals surface area contributed by atoms with Gasteiger partial charge in [0.2, 0.25) is 0 Å². The van der Waals surface area contributed by atoms with Crippen molar-refractivity contribution in [2.75, 3.05) is 64.8 Å².